The Labute approximate surface area is 152 Å². The van der Waals surface area contributed by atoms with Gasteiger partial charge in [0.05, 0.1) is 35.9 Å². The molecule has 0 aromatic rings. The Kier molecular flexibility index (Phi) is 7.88. The first-order chi connectivity index (χ1) is 12.3. The quantitative estimate of drug-likeness (QED) is 0.253. The molecule has 0 amide bonds. The summed E-state index contributed by atoms with van der Waals surface area (Å²) in [5, 5.41) is 57.3. The van der Waals surface area contributed by atoms with Gasteiger partial charge in [-0.3, -0.25) is 4.21 Å². The predicted molar refractivity (Wildman–Crippen MR) is 85.3 cm³/mol. The topological polar surface area (TPSA) is 175 Å². The van der Waals surface area contributed by atoms with Crippen molar-refractivity contribution in [3.63, 3.8) is 0 Å². The van der Waals surface area contributed by atoms with Crippen molar-refractivity contribution in [3.05, 3.63) is 0 Å². The maximum absolute atomic E-state index is 13.1. The van der Waals surface area contributed by atoms with Gasteiger partial charge < -0.3 is 49.6 Å². The highest BCUT2D eigenvalue weighted by Crippen LogP contribution is 2.32. The van der Waals surface area contributed by atoms with Crippen LogP contribution in [0.3, 0.4) is 0 Å². The molecular formula is C14H26O11S. The lowest BCUT2D eigenvalue weighted by molar-refractivity contribution is -0.263. The first kappa shape index (κ1) is 22.0. The van der Waals surface area contributed by atoms with Gasteiger partial charge in [-0.05, 0) is 0 Å². The van der Waals surface area contributed by atoms with Crippen molar-refractivity contribution in [3.8, 4) is 0 Å². The summed E-state index contributed by atoms with van der Waals surface area (Å²) in [4.78, 5) is 0. The largest absolute Gasteiger partial charge is 0.394 e. The third kappa shape index (κ3) is 3.95. The van der Waals surface area contributed by atoms with E-state index in [9.17, 15) is 34.8 Å². The van der Waals surface area contributed by atoms with Gasteiger partial charge in [0, 0.05) is 25.0 Å². The molecule has 2 aliphatic heterocycles. The standard InChI is InChI=1S/C14H26O11S/c1-22-13-9(19)11(7(17)5(3-15)24-13)26(21)12-8(18)6(4-16)25-14(23-2)10(12)20/h5-20H,3-4H2,1-2H3/t5-,6-,7-,8-,9-,10-,11-,12-,13-,14-/m1/s1. The monoisotopic (exact) mass is 402 g/mol. The van der Waals surface area contributed by atoms with Crippen molar-refractivity contribution in [2.75, 3.05) is 27.4 Å². The molecule has 2 saturated heterocycles. The van der Waals surface area contributed by atoms with Crippen LogP contribution in [0.1, 0.15) is 0 Å². The van der Waals surface area contributed by atoms with Gasteiger partial charge in [0.1, 0.15) is 24.4 Å². The number of ether oxygens (including phenoxy) is 4. The Hall–Kier alpha value is -0.250. The third-order valence-electron chi connectivity index (χ3n) is 4.64. The molecule has 154 valence electrons. The molecule has 10 atom stereocenters. The molecule has 0 saturated carbocycles. The van der Waals surface area contributed by atoms with Crippen molar-refractivity contribution in [2.45, 2.75) is 59.7 Å². The maximum Gasteiger partial charge on any atom is 0.184 e. The number of rotatable bonds is 6. The Bertz CT molecular complexity index is 408. The van der Waals surface area contributed by atoms with E-state index in [1.165, 1.54) is 14.2 Å². The van der Waals surface area contributed by atoms with E-state index in [1.54, 1.807) is 0 Å². The Morgan fingerprint density at radius 3 is 1.38 bits per heavy atom. The van der Waals surface area contributed by atoms with E-state index < -0.39 is 83.7 Å². The van der Waals surface area contributed by atoms with E-state index in [-0.39, 0.29) is 0 Å². The number of methoxy groups -OCH3 is 2. The zero-order valence-corrected chi connectivity index (χ0v) is 15.1. The zero-order chi connectivity index (χ0) is 19.6. The molecule has 6 N–H and O–H groups in total. The minimum Gasteiger partial charge on any atom is -0.394 e. The summed E-state index contributed by atoms with van der Waals surface area (Å²) >= 11 is 0. The molecule has 12 heteroatoms. The average molecular weight is 402 g/mol. The van der Waals surface area contributed by atoms with E-state index >= 15 is 0 Å². The van der Waals surface area contributed by atoms with Crippen molar-refractivity contribution in [1.29, 1.82) is 0 Å². The normalized spacial score (nSPS) is 47.3. The van der Waals surface area contributed by atoms with E-state index in [1.807, 2.05) is 0 Å². The lowest BCUT2D eigenvalue weighted by Crippen LogP contribution is -2.66. The SMILES string of the molecule is CO[C@@H]1O[C@H](CO)[C@@H](O)[C@@H](S(=O)[C@H]2[C@@H](O)[C@H](OC)O[C@H](CO)[C@H]2O)[C@H]1O. The lowest BCUT2D eigenvalue weighted by Gasteiger charge is -2.46. The molecule has 0 spiro atoms. The van der Waals surface area contributed by atoms with Crippen LogP contribution in [0, 0.1) is 0 Å². The van der Waals surface area contributed by atoms with Crippen LogP contribution < -0.4 is 0 Å². The molecule has 2 rings (SSSR count). The minimum atomic E-state index is -2.24. The van der Waals surface area contributed by atoms with E-state index in [4.69, 9.17) is 18.9 Å². The van der Waals surface area contributed by atoms with E-state index in [0.717, 1.165) is 0 Å². The van der Waals surface area contributed by atoms with Crippen LogP contribution in [0.5, 0.6) is 0 Å². The van der Waals surface area contributed by atoms with Gasteiger partial charge in [0.15, 0.2) is 12.6 Å². The second-order valence-electron chi connectivity index (χ2n) is 6.14. The molecule has 0 aromatic carbocycles. The van der Waals surface area contributed by atoms with Gasteiger partial charge >= 0.3 is 0 Å². The molecule has 2 aliphatic rings. The van der Waals surface area contributed by atoms with Gasteiger partial charge in [-0.15, -0.1) is 0 Å². The zero-order valence-electron chi connectivity index (χ0n) is 14.3. The van der Waals surface area contributed by atoms with Crippen molar-refractivity contribution < 1.29 is 53.8 Å². The van der Waals surface area contributed by atoms with Crippen LogP contribution in [0.4, 0.5) is 0 Å². The highest BCUT2D eigenvalue weighted by molar-refractivity contribution is 7.86. The predicted octanol–water partition coefficient (Wildman–Crippen LogP) is -4.36. The second-order valence-corrected chi connectivity index (χ2v) is 7.89. The number of aliphatic hydroxyl groups excluding tert-OH is 6. The first-order valence-corrected chi connectivity index (χ1v) is 9.29. The van der Waals surface area contributed by atoms with Crippen LogP contribution in [0.25, 0.3) is 0 Å². The molecule has 0 unspecified atom stereocenters. The fourth-order valence-electron chi connectivity index (χ4n) is 3.23. The highest BCUT2D eigenvalue weighted by atomic mass is 32.2. The van der Waals surface area contributed by atoms with E-state index in [0.29, 0.717) is 0 Å². The van der Waals surface area contributed by atoms with Crippen LogP contribution in [0.2, 0.25) is 0 Å². The molecule has 0 radical (unpaired) electrons. The van der Waals surface area contributed by atoms with Crippen LogP contribution >= 0.6 is 0 Å². The van der Waals surface area contributed by atoms with Crippen LogP contribution in [-0.4, -0.2) is 122 Å². The maximum atomic E-state index is 13.1. The van der Waals surface area contributed by atoms with Gasteiger partial charge in [-0.25, -0.2) is 0 Å². The molecule has 0 bridgehead atoms. The van der Waals surface area contributed by atoms with Gasteiger partial charge in [-0.1, -0.05) is 0 Å². The molecule has 0 aromatic heterocycles. The molecular weight excluding hydrogens is 376 g/mol. The Balaban J connectivity index is 2.33. The summed E-state index contributed by atoms with van der Waals surface area (Å²) in [6, 6.07) is 0. The fourth-order valence-corrected chi connectivity index (χ4v) is 5.30. The molecule has 11 nitrogen and oxygen atoms in total. The van der Waals surface area contributed by atoms with Gasteiger partial charge in [0.2, 0.25) is 0 Å². The lowest BCUT2D eigenvalue weighted by atomic mass is 10.0. The minimum absolute atomic E-state index is 0.625. The van der Waals surface area contributed by atoms with Crippen molar-refractivity contribution in [2.24, 2.45) is 0 Å². The number of hydrogen-bond acceptors (Lipinski definition) is 11. The second kappa shape index (κ2) is 9.30. The highest BCUT2D eigenvalue weighted by Gasteiger charge is 2.55. The molecule has 0 aliphatic carbocycles. The van der Waals surface area contributed by atoms with Crippen LogP contribution in [0.15, 0.2) is 0 Å². The summed E-state index contributed by atoms with van der Waals surface area (Å²) in [5.74, 6) is 0. The summed E-state index contributed by atoms with van der Waals surface area (Å²) in [6.07, 6.45) is -11.1. The average Bonchev–Trinajstić information content (AvgIpc) is 2.62. The Morgan fingerprint density at radius 1 is 0.769 bits per heavy atom. The summed E-state index contributed by atoms with van der Waals surface area (Å²) in [7, 11) is 0.202. The van der Waals surface area contributed by atoms with Crippen LogP contribution in [-0.2, 0) is 29.7 Å². The summed E-state index contributed by atoms with van der Waals surface area (Å²) < 4.78 is 33.4. The summed E-state index contributed by atoms with van der Waals surface area (Å²) in [6.45, 7) is -1.25. The van der Waals surface area contributed by atoms with Crippen molar-refractivity contribution >= 4 is 10.8 Å². The third-order valence-corrected chi connectivity index (χ3v) is 6.83. The molecule has 26 heavy (non-hydrogen) atoms. The number of aliphatic hydroxyl groups is 6. The Morgan fingerprint density at radius 2 is 1.12 bits per heavy atom. The van der Waals surface area contributed by atoms with Crippen molar-refractivity contribution in [1.82, 2.24) is 0 Å². The summed E-state index contributed by atoms with van der Waals surface area (Å²) in [5.41, 5.74) is 0. The molecule has 2 heterocycles. The van der Waals surface area contributed by atoms with Gasteiger partial charge in [0.25, 0.3) is 0 Å². The smallest absolute Gasteiger partial charge is 0.184 e. The van der Waals surface area contributed by atoms with Gasteiger partial charge in [-0.2, -0.15) is 0 Å². The number of hydrogen-bond donors (Lipinski definition) is 6. The first-order valence-electron chi connectivity index (χ1n) is 8.02. The van der Waals surface area contributed by atoms with E-state index in [2.05, 4.69) is 0 Å². The molecule has 2 fully saturated rings. The fraction of sp³-hybridized carbons (Fsp3) is 1.00.